The lowest BCUT2D eigenvalue weighted by Gasteiger charge is -2.35. The molecule has 3 amide bonds. The molecule has 0 saturated carbocycles. The van der Waals surface area contributed by atoms with E-state index in [1.54, 1.807) is 29.4 Å². The molecule has 2 aromatic heterocycles. The molecule has 2 aromatic rings. The van der Waals surface area contributed by atoms with Crippen molar-refractivity contribution in [2.45, 2.75) is 45.1 Å². The van der Waals surface area contributed by atoms with Crippen molar-refractivity contribution in [3.05, 3.63) is 35.0 Å². The first-order chi connectivity index (χ1) is 14.6. The maximum atomic E-state index is 12.6. The Morgan fingerprint density at radius 1 is 1.10 bits per heavy atom. The number of hydrogen-bond acceptors (Lipinski definition) is 6. The van der Waals surface area contributed by atoms with Gasteiger partial charge in [0.25, 0.3) is 0 Å². The summed E-state index contributed by atoms with van der Waals surface area (Å²) in [5.41, 5.74) is 1.12. The molecule has 160 valence electrons. The van der Waals surface area contributed by atoms with Crippen LogP contribution in [0.25, 0.3) is 0 Å². The summed E-state index contributed by atoms with van der Waals surface area (Å²) in [7, 11) is 0. The second-order valence-electron chi connectivity index (χ2n) is 7.77. The highest BCUT2D eigenvalue weighted by atomic mass is 32.1. The van der Waals surface area contributed by atoms with Gasteiger partial charge >= 0.3 is 6.03 Å². The number of aromatic nitrogens is 2. The maximum Gasteiger partial charge on any atom is 0.318 e. The summed E-state index contributed by atoms with van der Waals surface area (Å²) in [6.07, 6.45) is 7.38. The largest absolute Gasteiger partial charge is 0.353 e. The Bertz CT molecular complexity index is 855. The highest BCUT2D eigenvalue weighted by molar-refractivity contribution is 7.15. The van der Waals surface area contributed by atoms with Crippen molar-refractivity contribution in [2.24, 2.45) is 0 Å². The number of urea groups is 1. The summed E-state index contributed by atoms with van der Waals surface area (Å²) >= 11 is 1.56. The SMILES string of the molecule is C[C@H](NC(=O)N1CCN(c2ccccn2)CC1)C(=O)Nc1nc2c(s1)CCCCC2. The lowest BCUT2D eigenvalue weighted by atomic mass is 10.2. The molecule has 3 heterocycles. The standard InChI is InChI=1S/C21H28N6O2S/c1-15(19(28)25-20-24-16-7-3-2-4-8-17(16)30-20)23-21(29)27-13-11-26(12-14-27)18-9-5-6-10-22-18/h5-6,9-10,15H,2-4,7-8,11-14H2,1H3,(H,23,29)(H,24,25,28)/t15-/m0/s1. The molecular weight excluding hydrogens is 400 g/mol. The Kier molecular flexibility index (Phi) is 6.47. The Labute approximate surface area is 180 Å². The summed E-state index contributed by atoms with van der Waals surface area (Å²) in [6, 6.07) is 4.98. The number of rotatable bonds is 4. The van der Waals surface area contributed by atoms with E-state index in [2.05, 4.69) is 25.5 Å². The van der Waals surface area contributed by atoms with Gasteiger partial charge in [0.2, 0.25) is 5.91 Å². The first kappa shape index (κ1) is 20.6. The number of amides is 3. The van der Waals surface area contributed by atoms with Crippen LogP contribution >= 0.6 is 11.3 Å². The third-order valence-electron chi connectivity index (χ3n) is 5.60. The highest BCUT2D eigenvalue weighted by Gasteiger charge is 2.25. The fourth-order valence-corrected chi connectivity index (χ4v) is 4.87. The van der Waals surface area contributed by atoms with Crippen molar-refractivity contribution < 1.29 is 9.59 Å². The normalized spacial score (nSPS) is 17.6. The minimum atomic E-state index is -0.630. The van der Waals surface area contributed by atoms with Gasteiger partial charge in [0, 0.05) is 37.3 Å². The molecule has 9 heteroatoms. The quantitative estimate of drug-likeness (QED) is 0.731. The number of piperazine rings is 1. The predicted molar refractivity (Wildman–Crippen MR) is 118 cm³/mol. The Balaban J connectivity index is 1.26. The summed E-state index contributed by atoms with van der Waals surface area (Å²) in [5, 5.41) is 6.32. The number of carbonyl (C=O) groups excluding carboxylic acids is 2. The van der Waals surface area contributed by atoms with Crippen molar-refractivity contribution in [3.63, 3.8) is 0 Å². The topological polar surface area (TPSA) is 90.5 Å². The molecule has 1 aliphatic carbocycles. The van der Waals surface area contributed by atoms with Crippen LogP contribution in [-0.4, -0.2) is 59.0 Å². The van der Waals surface area contributed by atoms with Gasteiger partial charge in [0.05, 0.1) is 5.69 Å². The maximum absolute atomic E-state index is 12.6. The molecule has 4 rings (SSSR count). The van der Waals surface area contributed by atoms with E-state index in [0.717, 1.165) is 43.9 Å². The van der Waals surface area contributed by atoms with E-state index in [-0.39, 0.29) is 11.9 Å². The lowest BCUT2D eigenvalue weighted by molar-refractivity contribution is -0.117. The van der Waals surface area contributed by atoms with Gasteiger partial charge in [-0.2, -0.15) is 0 Å². The van der Waals surface area contributed by atoms with Gasteiger partial charge in [0.1, 0.15) is 11.9 Å². The Morgan fingerprint density at radius 2 is 1.90 bits per heavy atom. The molecular formula is C21H28N6O2S. The average Bonchev–Trinajstić information content (AvgIpc) is 3.02. The molecule has 0 aromatic carbocycles. The molecule has 0 bridgehead atoms. The molecule has 1 atom stereocenters. The zero-order chi connectivity index (χ0) is 20.9. The second-order valence-corrected chi connectivity index (χ2v) is 8.86. The fraction of sp³-hybridized carbons (Fsp3) is 0.524. The van der Waals surface area contributed by atoms with Crippen LogP contribution in [0.15, 0.2) is 24.4 Å². The summed E-state index contributed by atoms with van der Waals surface area (Å²) in [4.78, 5) is 39.3. The zero-order valence-corrected chi connectivity index (χ0v) is 18.1. The lowest BCUT2D eigenvalue weighted by Crippen LogP contribution is -2.54. The van der Waals surface area contributed by atoms with Gasteiger partial charge in [-0.05, 0) is 44.7 Å². The van der Waals surface area contributed by atoms with Crippen molar-refractivity contribution in [2.75, 3.05) is 36.4 Å². The number of pyridine rings is 1. The van der Waals surface area contributed by atoms with Crippen LogP contribution in [-0.2, 0) is 17.6 Å². The second kappa shape index (κ2) is 9.42. The molecule has 0 unspecified atom stereocenters. The number of aryl methyl sites for hydroxylation is 2. The molecule has 0 radical (unpaired) electrons. The van der Waals surface area contributed by atoms with Crippen LogP contribution in [0.3, 0.4) is 0 Å². The van der Waals surface area contributed by atoms with Gasteiger partial charge in [-0.3, -0.25) is 4.79 Å². The number of fused-ring (bicyclic) bond motifs is 1. The van der Waals surface area contributed by atoms with Gasteiger partial charge in [-0.25, -0.2) is 14.8 Å². The van der Waals surface area contributed by atoms with E-state index in [4.69, 9.17) is 0 Å². The molecule has 2 N–H and O–H groups in total. The third kappa shape index (κ3) is 4.89. The van der Waals surface area contributed by atoms with Crippen LogP contribution in [0.1, 0.15) is 36.8 Å². The van der Waals surface area contributed by atoms with Crippen LogP contribution in [0.4, 0.5) is 15.7 Å². The van der Waals surface area contributed by atoms with Crippen molar-refractivity contribution in [3.8, 4) is 0 Å². The minimum Gasteiger partial charge on any atom is -0.353 e. The average molecular weight is 429 g/mol. The number of nitrogens with zero attached hydrogens (tertiary/aromatic N) is 4. The predicted octanol–water partition coefficient (Wildman–Crippen LogP) is 2.67. The molecule has 8 nitrogen and oxygen atoms in total. The van der Waals surface area contributed by atoms with E-state index in [1.165, 1.54) is 17.7 Å². The number of thiazole rings is 1. The van der Waals surface area contributed by atoms with Crippen LogP contribution in [0, 0.1) is 0 Å². The first-order valence-electron chi connectivity index (χ1n) is 10.6. The van der Waals surface area contributed by atoms with Crippen molar-refractivity contribution >= 4 is 34.2 Å². The number of hydrogen-bond donors (Lipinski definition) is 2. The number of anilines is 2. The zero-order valence-electron chi connectivity index (χ0n) is 17.3. The Hall–Kier alpha value is -2.68. The summed E-state index contributed by atoms with van der Waals surface area (Å²) in [5.74, 6) is 0.687. The van der Waals surface area contributed by atoms with Crippen LogP contribution < -0.4 is 15.5 Å². The number of nitrogens with one attached hydrogen (secondary N) is 2. The van der Waals surface area contributed by atoms with E-state index in [0.29, 0.717) is 18.2 Å². The fourth-order valence-electron chi connectivity index (χ4n) is 3.82. The molecule has 1 saturated heterocycles. The monoisotopic (exact) mass is 428 g/mol. The van der Waals surface area contributed by atoms with Crippen molar-refractivity contribution in [1.82, 2.24) is 20.2 Å². The summed E-state index contributed by atoms with van der Waals surface area (Å²) in [6.45, 7) is 4.33. The smallest absolute Gasteiger partial charge is 0.318 e. The van der Waals surface area contributed by atoms with E-state index < -0.39 is 6.04 Å². The van der Waals surface area contributed by atoms with E-state index >= 15 is 0 Å². The molecule has 1 fully saturated rings. The molecule has 2 aliphatic rings. The van der Waals surface area contributed by atoms with Gasteiger partial charge < -0.3 is 20.4 Å². The van der Waals surface area contributed by atoms with Crippen LogP contribution in [0.2, 0.25) is 0 Å². The van der Waals surface area contributed by atoms with E-state index in [1.807, 2.05) is 18.2 Å². The minimum absolute atomic E-state index is 0.215. The third-order valence-corrected chi connectivity index (χ3v) is 6.67. The molecule has 0 spiro atoms. The van der Waals surface area contributed by atoms with Crippen LogP contribution in [0.5, 0.6) is 0 Å². The number of carbonyl (C=O) groups is 2. The van der Waals surface area contributed by atoms with E-state index in [9.17, 15) is 9.59 Å². The first-order valence-corrected chi connectivity index (χ1v) is 11.4. The van der Waals surface area contributed by atoms with Gasteiger partial charge in [0.15, 0.2) is 5.13 Å². The van der Waals surface area contributed by atoms with Crippen molar-refractivity contribution in [1.29, 1.82) is 0 Å². The molecule has 1 aliphatic heterocycles. The summed E-state index contributed by atoms with van der Waals surface area (Å²) < 4.78 is 0. The molecule has 30 heavy (non-hydrogen) atoms. The highest BCUT2D eigenvalue weighted by Crippen LogP contribution is 2.28. The van der Waals surface area contributed by atoms with Gasteiger partial charge in [-0.1, -0.05) is 12.5 Å². The van der Waals surface area contributed by atoms with Gasteiger partial charge in [-0.15, -0.1) is 11.3 Å². The Morgan fingerprint density at radius 3 is 2.67 bits per heavy atom.